The van der Waals surface area contributed by atoms with Gasteiger partial charge in [0, 0.05) is 18.0 Å². The highest BCUT2D eigenvalue weighted by Crippen LogP contribution is 2.29. The smallest absolute Gasteiger partial charge is 0.319 e. The molecular weight excluding hydrogens is 323 g/mol. The summed E-state index contributed by atoms with van der Waals surface area (Å²) in [5.41, 5.74) is -0.730. The summed E-state index contributed by atoms with van der Waals surface area (Å²) >= 11 is 0. The molecule has 6 nitrogen and oxygen atoms in total. The Kier molecular flexibility index (Phi) is 3.98. The molecule has 0 unspecified atom stereocenters. The predicted octanol–water partition coefficient (Wildman–Crippen LogP) is 2.93. The van der Waals surface area contributed by atoms with Gasteiger partial charge < -0.3 is 5.32 Å². The van der Waals surface area contributed by atoms with Crippen LogP contribution < -0.4 is 5.32 Å². The van der Waals surface area contributed by atoms with Crippen LogP contribution in [0.1, 0.15) is 15.9 Å². The number of nitrogens with one attached hydrogen (secondary N) is 1. The van der Waals surface area contributed by atoms with E-state index in [1.165, 1.54) is 30.9 Å². The number of carbonyl (C=O) groups excluding carboxylic acids is 1. The van der Waals surface area contributed by atoms with Crippen molar-refractivity contribution in [3.8, 4) is 5.95 Å². The van der Waals surface area contributed by atoms with Crippen molar-refractivity contribution in [2.75, 3.05) is 5.32 Å². The highest BCUT2D eigenvalue weighted by molar-refractivity contribution is 6.04. The molecule has 0 radical (unpaired) electrons. The molecule has 0 aliphatic heterocycles. The third-order valence-corrected chi connectivity index (χ3v) is 3.08. The summed E-state index contributed by atoms with van der Waals surface area (Å²) in [5.74, 6) is -0.329. The van der Waals surface area contributed by atoms with Gasteiger partial charge in [-0.25, -0.2) is 15.0 Å². The van der Waals surface area contributed by atoms with Crippen LogP contribution in [0.25, 0.3) is 5.95 Å². The van der Waals surface area contributed by atoms with Crippen LogP contribution in [0, 0.1) is 0 Å². The number of carbonyl (C=O) groups is 1. The number of anilines is 1. The van der Waals surface area contributed by atoms with Crippen molar-refractivity contribution in [2.45, 2.75) is 6.18 Å². The van der Waals surface area contributed by atoms with Crippen molar-refractivity contribution in [3.63, 3.8) is 0 Å². The summed E-state index contributed by atoms with van der Waals surface area (Å²) in [7, 11) is 0. The topological polar surface area (TPSA) is 72.7 Å². The molecule has 24 heavy (non-hydrogen) atoms. The molecule has 0 spiro atoms. The van der Waals surface area contributed by atoms with Gasteiger partial charge in [-0.3, -0.25) is 9.36 Å². The molecule has 0 bridgehead atoms. The largest absolute Gasteiger partial charge is 0.416 e. The van der Waals surface area contributed by atoms with Gasteiger partial charge in [-0.15, -0.1) is 0 Å². The van der Waals surface area contributed by atoms with Crippen molar-refractivity contribution < 1.29 is 18.0 Å². The molecule has 0 saturated heterocycles. The lowest BCUT2D eigenvalue weighted by Gasteiger charge is -2.09. The van der Waals surface area contributed by atoms with Crippen LogP contribution in [0.3, 0.4) is 0 Å². The standard InChI is InChI=1S/C15H10F3N5O/c16-15(17,18)11-3-1-2-10(6-11)13(24)22-12-7-20-14(21-8-12)23-5-4-19-9-23/h1-9H,(H,22,24). The third kappa shape index (κ3) is 3.40. The van der Waals surface area contributed by atoms with Crippen LogP contribution in [-0.4, -0.2) is 25.4 Å². The van der Waals surface area contributed by atoms with Crippen LogP contribution in [0.15, 0.2) is 55.4 Å². The van der Waals surface area contributed by atoms with E-state index in [2.05, 4.69) is 20.3 Å². The van der Waals surface area contributed by atoms with E-state index in [1.54, 1.807) is 17.0 Å². The van der Waals surface area contributed by atoms with Crippen LogP contribution >= 0.6 is 0 Å². The Morgan fingerprint density at radius 1 is 1.17 bits per heavy atom. The first-order valence-electron chi connectivity index (χ1n) is 6.72. The van der Waals surface area contributed by atoms with E-state index in [4.69, 9.17) is 0 Å². The number of rotatable bonds is 3. The quantitative estimate of drug-likeness (QED) is 0.800. The Morgan fingerprint density at radius 3 is 2.54 bits per heavy atom. The predicted molar refractivity (Wildman–Crippen MR) is 78.6 cm³/mol. The van der Waals surface area contributed by atoms with Crippen LogP contribution in [0.2, 0.25) is 0 Å². The van der Waals surface area contributed by atoms with Gasteiger partial charge in [0.05, 0.1) is 23.6 Å². The van der Waals surface area contributed by atoms with E-state index < -0.39 is 17.6 Å². The maximum Gasteiger partial charge on any atom is 0.416 e. The lowest BCUT2D eigenvalue weighted by atomic mass is 10.1. The number of benzene rings is 1. The fraction of sp³-hybridized carbons (Fsp3) is 0.0667. The summed E-state index contributed by atoms with van der Waals surface area (Å²) < 4.78 is 39.6. The van der Waals surface area contributed by atoms with Gasteiger partial charge >= 0.3 is 6.18 Å². The van der Waals surface area contributed by atoms with Crippen molar-refractivity contribution in [2.24, 2.45) is 0 Å². The monoisotopic (exact) mass is 333 g/mol. The minimum Gasteiger partial charge on any atom is -0.319 e. The van der Waals surface area contributed by atoms with E-state index >= 15 is 0 Å². The van der Waals surface area contributed by atoms with E-state index in [-0.39, 0.29) is 11.3 Å². The molecule has 0 aliphatic carbocycles. The normalized spacial score (nSPS) is 11.3. The fourth-order valence-electron chi connectivity index (χ4n) is 1.94. The minimum atomic E-state index is -4.51. The Hall–Kier alpha value is -3.23. The highest BCUT2D eigenvalue weighted by Gasteiger charge is 2.30. The van der Waals surface area contributed by atoms with E-state index in [9.17, 15) is 18.0 Å². The highest BCUT2D eigenvalue weighted by atomic mass is 19.4. The average molecular weight is 333 g/mol. The van der Waals surface area contributed by atoms with Crippen molar-refractivity contribution in [1.82, 2.24) is 19.5 Å². The summed E-state index contributed by atoms with van der Waals surface area (Å²) in [6.07, 6.45) is 2.92. The molecule has 0 atom stereocenters. The molecular formula is C15H10F3N5O. The maximum absolute atomic E-state index is 12.7. The number of halogens is 3. The number of imidazole rings is 1. The summed E-state index contributed by atoms with van der Waals surface area (Å²) in [5, 5.41) is 2.45. The first-order chi connectivity index (χ1) is 11.4. The second-order valence-electron chi connectivity index (χ2n) is 4.77. The maximum atomic E-state index is 12.7. The molecule has 2 heterocycles. The Bertz CT molecular complexity index is 844. The molecule has 1 N–H and O–H groups in total. The van der Waals surface area contributed by atoms with Crippen LogP contribution in [0.4, 0.5) is 18.9 Å². The molecule has 0 saturated carbocycles. The van der Waals surface area contributed by atoms with Gasteiger partial charge in [0.2, 0.25) is 5.95 Å². The fourth-order valence-corrected chi connectivity index (χ4v) is 1.94. The zero-order valence-corrected chi connectivity index (χ0v) is 12.0. The molecule has 122 valence electrons. The SMILES string of the molecule is O=C(Nc1cnc(-n2ccnc2)nc1)c1cccc(C(F)(F)F)c1. The van der Waals surface area contributed by atoms with E-state index in [1.807, 2.05) is 0 Å². The van der Waals surface area contributed by atoms with Gasteiger partial charge in [0.25, 0.3) is 5.91 Å². The molecule has 3 aromatic rings. The second-order valence-corrected chi connectivity index (χ2v) is 4.77. The van der Waals surface area contributed by atoms with Gasteiger partial charge in [-0.2, -0.15) is 13.2 Å². The third-order valence-electron chi connectivity index (χ3n) is 3.08. The number of hydrogen-bond acceptors (Lipinski definition) is 4. The number of hydrogen-bond donors (Lipinski definition) is 1. The van der Waals surface area contributed by atoms with E-state index in [0.29, 0.717) is 5.95 Å². The van der Waals surface area contributed by atoms with Crippen molar-refractivity contribution in [1.29, 1.82) is 0 Å². The lowest BCUT2D eigenvalue weighted by molar-refractivity contribution is -0.137. The Balaban J connectivity index is 1.75. The lowest BCUT2D eigenvalue weighted by Crippen LogP contribution is -2.14. The average Bonchev–Trinajstić information content (AvgIpc) is 3.09. The van der Waals surface area contributed by atoms with Crippen LogP contribution in [-0.2, 0) is 6.18 Å². The number of aromatic nitrogens is 4. The molecule has 9 heteroatoms. The molecule has 1 amide bonds. The minimum absolute atomic E-state index is 0.108. The van der Waals surface area contributed by atoms with Crippen molar-refractivity contribution >= 4 is 11.6 Å². The Labute approximate surface area is 134 Å². The van der Waals surface area contributed by atoms with Crippen LogP contribution in [0.5, 0.6) is 0 Å². The molecule has 0 fully saturated rings. The number of nitrogens with zero attached hydrogens (tertiary/aromatic N) is 4. The summed E-state index contributed by atoms with van der Waals surface area (Å²) in [6.45, 7) is 0. The zero-order chi connectivity index (χ0) is 17.2. The van der Waals surface area contributed by atoms with Gasteiger partial charge in [0.1, 0.15) is 6.33 Å². The first kappa shape index (κ1) is 15.7. The molecule has 1 aromatic carbocycles. The van der Waals surface area contributed by atoms with Gasteiger partial charge in [-0.1, -0.05) is 6.07 Å². The molecule has 2 aromatic heterocycles. The Morgan fingerprint density at radius 2 is 1.92 bits per heavy atom. The summed E-state index contributed by atoms with van der Waals surface area (Å²) in [6, 6.07) is 4.16. The van der Waals surface area contributed by atoms with Gasteiger partial charge in [0.15, 0.2) is 0 Å². The zero-order valence-electron chi connectivity index (χ0n) is 12.0. The molecule has 0 aliphatic rings. The van der Waals surface area contributed by atoms with Gasteiger partial charge in [-0.05, 0) is 18.2 Å². The summed E-state index contributed by atoms with van der Waals surface area (Å²) in [4.78, 5) is 24.0. The first-order valence-corrected chi connectivity index (χ1v) is 6.72. The second kappa shape index (κ2) is 6.11. The number of amides is 1. The molecule has 3 rings (SSSR count). The van der Waals surface area contributed by atoms with Crippen molar-refractivity contribution in [3.05, 3.63) is 66.5 Å². The van der Waals surface area contributed by atoms with E-state index in [0.717, 1.165) is 12.1 Å². The number of alkyl halides is 3.